The van der Waals surface area contributed by atoms with E-state index in [-0.39, 0.29) is 50.5 Å². The molecule has 232 valence electrons. The predicted octanol–water partition coefficient (Wildman–Crippen LogP) is 0.672. The molecule has 4 heterocycles. The van der Waals surface area contributed by atoms with Crippen LogP contribution in [0.5, 0.6) is 5.75 Å². The normalized spacial score (nSPS) is 20.3. The molecule has 15 heteroatoms. The van der Waals surface area contributed by atoms with Gasteiger partial charge in [0.25, 0.3) is 11.5 Å². The number of likely N-dealkylation sites (N-methyl/N-ethyl adjacent to an activating group) is 1. The molecule has 4 amide bonds. The summed E-state index contributed by atoms with van der Waals surface area (Å²) in [6.45, 7) is 1.34. The largest absolute Gasteiger partial charge is 0.501 e. The van der Waals surface area contributed by atoms with Crippen LogP contribution in [0, 0.1) is 18.2 Å². The summed E-state index contributed by atoms with van der Waals surface area (Å²) in [5.41, 5.74) is -3.14. The highest BCUT2D eigenvalue weighted by atomic mass is 19.1. The van der Waals surface area contributed by atoms with Crippen molar-refractivity contribution < 1.29 is 28.7 Å². The van der Waals surface area contributed by atoms with Gasteiger partial charge in [0.15, 0.2) is 5.69 Å². The summed E-state index contributed by atoms with van der Waals surface area (Å²) in [5.74, 6) is -4.00. The molecule has 2 aromatic heterocycles. The molecule has 0 spiro atoms. The molecule has 1 saturated carbocycles. The fraction of sp³-hybridized carbons (Fsp3) is 0.414. The van der Waals surface area contributed by atoms with Crippen molar-refractivity contribution in [3.8, 4) is 5.75 Å². The zero-order valence-electron chi connectivity index (χ0n) is 24.7. The van der Waals surface area contributed by atoms with Crippen LogP contribution in [0.3, 0.4) is 0 Å². The van der Waals surface area contributed by atoms with Crippen LogP contribution in [0.15, 0.2) is 35.3 Å². The summed E-state index contributed by atoms with van der Waals surface area (Å²) in [7, 11) is 4.50. The maximum Gasteiger partial charge on any atom is 0.311 e. The minimum atomic E-state index is -1.40. The maximum absolute atomic E-state index is 13.7. The first-order chi connectivity index (χ1) is 20.8. The van der Waals surface area contributed by atoms with E-state index < -0.39 is 51.5 Å². The number of aryl methyl sites for hydroxylation is 2. The molecule has 3 aromatic rings. The molecular weight excluding hydrogens is 575 g/mol. The van der Waals surface area contributed by atoms with Crippen LogP contribution >= 0.6 is 0 Å². The monoisotopic (exact) mass is 608 g/mol. The van der Waals surface area contributed by atoms with Gasteiger partial charge in [0, 0.05) is 40.3 Å². The Balaban J connectivity index is 1.55. The first-order valence-corrected chi connectivity index (χ1v) is 14.0. The van der Waals surface area contributed by atoms with Crippen molar-refractivity contribution in [1.82, 2.24) is 34.9 Å². The molecule has 4 N–H and O–H groups in total. The molecule has 14 nitrogen and oxygen atoms in total. The molecule has 0 unspecified atom stereocenters. The van der Waals surface area contributed by atoms with Crippen LogP contribution in [0.1, 0.15) is 53.1 Å². The number of aromatic nitrogens is 4. The Morgan fingerprint density at radius 1 is 1.11 bits per heavy atom. The van der Waals surface area contributed by atoms with E-state index >= 15 is 0 Å². The van der Waals surface area contributed by atoms with E-state index in [0.717, 1.165) is 9.47 Å². The molecule has 2 aliphatic heterocycles. The zero-order chi connectivity index (χ0) is 32.0. The van der Waals surface area contributed by atoms with Gasteiger partial charge in [-0.25, -0.2) is 9.37 Å². The smallest absolute Gasteiger partial charge is 0.311 e. The lowest BCUT2D eigenvalue weighted by molar-refractivity contribution is -0.146. The predicted molar refractivity (Wildman–Crippen MR) is 154 cm³/mol. The van der Waals surface area contributed by atoms with Crippen LogP contribution in [0.4, 0.5) is 10.2 Å². The molecule has 0 atom stereocenters. The van der Waals surface area contributed by atoms with Gasteiger partial charge in [-0.1, -0.05) is 12.1 Å². The number of carbonyl (C=O) groups is 4. The van der Waals surface area contributed by atoms with Crippen LogP contribution < -0.4 is 21.5 Å². The Morgan fingerprint density at radius 2 is 1.82 bits per heavy atom. The standard InChI is InChI=1S/C29H33FN8O6/c1-16-13-17(5-6-18(16)30)14-31-22(40)20-21(39)24(42)38-15-28(27(44)33-19-7-12-32-37(19)4)8-10-29(11-9-28,26(38)34-20)35-23(41)25(43)36(2)3/h5-7,12-13,39H,8-11,14-15H2,1-4H3,(H,31,40)(H,33,44)(H,35,41). The molecule has 1 aliphatic carbocycles. The number of hydrogen-bond acceptors (Lipinski definition) is 8. The lowest BCUT2D eigenvalue weighted by Crippen LogP contribution is -2.54. The molecule has 0 radical (unpaired) electrons. The van der Waals surface area contributed by atoms with Crippen molar-refractivity contribution >= 4 is 29.4 Å². The van der Waals surface area contributed by atoms with Gasteiger partial charge >= 0.3 is 11.8 Å². The van der Waals surface area contributed by atoms with Gasteiger partial charge in [-0.05, 0) is 49.8 Å². The Morgan fingerprint density at radius 3 is 2.43 bits per heavy atom. The van der Waals surface area contributed by atoms with Crippen molar-refractivity contribution in [2.75, 3.05) is 19.4 Å². The highest BCUT2D eigenvalue weighted by Gasteiger charge is 2.55. The number of hydrogen-bond donors (Lipinski definition) is 4. The highest BCUT2D eigenvalue weighted by Crippen LogP contribution is 2.50. The molecule has 3 aliphatic rings. The second-order valence-electron chi connectivity index (χ2n) is 11.6. The van der Waals surface area contributed by atoms with Crippen molar-refractivity contribution in [3.05, 3.63) is 69.3 Å². The SMILES string of the molecule is Cc1cc(CNC(=O)c2nc3n(c(=O)c2O)CC2(C(=O)Nc4ccnn4C)CCC3(NC(=O)C(=O)N(C)C)CC2)ccc1F. The number of amides is 4. The van der Waals surface area contributed by atoms with Gasteiger partial charge in [0.1, 0.15) is 17.5 Å². The molecule has 0 saturated heterocycles. The average molecular weight is 609 g/mol. The fourth-order valence-electron chi connectivity index (χ4n) is 5.84. The molecule has 1 aromatic carbocycles. The van der Waals surface area contributed by atoms with Gasteiger partial charge in [-0.2, -0.15) is 5.10 Å². The molecule has 44 heavy (non-hydrogen) atoms. The van der Waals surface area contributed by atoms with Crippen molar-refractivity contribution in [2.24, 2.45) is 12.5 Å². The summed E-state index contributed by atoms with van der Waals surface area (Å²) in [6.07, 6.45) is 2.15. The summed E-state index contributed by atoms with van der Waals surface area (Å²) in [4.78, 5) is 71.8. The molecule has 2 bridgehead atoms. The zero-order valence-corrected chi connectivity index (χ0v) is 24.7. The van der Waals surface area contributed by atoms with Crippen molar-refractivity contribution in [1.29, 1.82) is 0 Å². The van der Waals surface area contributed by atoms with E-state index in [1.807, 2.05) is 0 Å². The van der Waals surface area contributed by atoms with Crippen LogP contribution in [-0.2, 0) is 40.1 Å². The average Bonchev–Trinajstić information content (AvgIpc) is 3.27. The first kappa shape index (κ1) is 30.4. The number of aromatic hydroxyl groups is 1. The third-order valence-corrected chi connectivity index (χ3v) is 8.48. The topological polar surface area (TPSA) is 181 Å². The van der Waals surface area contributed by atoms with E-state index in [1.165, 1.54) is 37.1 Å². The Bertz CT molecular complexity index is 1740. The Labute approximate surface area is 251 Å². The molecular formula is C29H33FN8O6. The van der Waals surface area contributed by atoms with E-state index in [0.29, 0.717) is 16.9 Å². The second kappa shape index (κ2) is 11.2. The fourth-order valence-corrected chi connectivity index (χ4v) is 5.84. The first-order valence-electron chi connectivity index (χ1n) is 14.0. The number of anilines is 1. The quantitative estimate of drug-likeness (QED) is 0.295. The van der Waals surface area contributed by atoms with Gasteiger partial charge in [-0.15, -0.1) is 0 Å². The Hall–Kier alpha value is -5.08. The molecule has 6 rings (SSSR count). The minimum Gasteiger partial charge on any atom is -0.501 e. The van der Waals surface area contributed by atoms with Crippen molar-refractivity contribution in [3.63, 3.8) is 0 Å². The summed E-state index contributed by atoms with van der Waals surface area (Å²) in [5, 5.41) is 23.2. The summed E-state index contributed by atoms with van der Waals surface area (Å²) >= 11 is 0. The maximum atomic E-state index is 13.7. The number of carbonyl (C=O) groups excluding carboxylic acids is 4. The summed E-state index contributed by atoms with van der Waals surface area (Å²) in [6, 6.07) is 5.93. The lowest BCUT2D eigenvalue weighted by Gasteiger charge is -2.41. The number of nitrogens with zero attached hydrogens (tertiary/aromatic N) is 5. The number of rotatable bonds is 6. The third-order valence-electron chi connectivity index (χ3n) is 8.48. The van der Waals surface area contributed by atoms with Gasteiger partial charge < -0.3 is 26.0 Å². The summed E-state index contributed by atoms with van der Waals surface area (Å²) < 4.78 is 16.3. The lowest BCUT2D eigenvalue weighted by atomic mass is 9.67. The molecule has 1 fully saturated rings. The van der Waals surface area contributed by atoms with Crippen molar-refractivity contribution in [2.45, 2.75) is 51.2 Å². The number of nitrogens with one attached hydrogen (secondary N) is 3. The number of fused-ring (bicyclic) bond motifs is 2. The van der Waals surface area contributed by atoms with Gasteiger partial charge in [0.2, 0.25) is 11.7 Å². The third kappa shape index (κ3) is 5.29. The highest BCUT2D eigenvalue weighted by molar-refractivity contribution is 6.35. The number of halogens is 1. The number of benzene rings is 1. The van der Waals surface area contributed by atoms with Crippen LogP contribution in [0.25, 0.3) is 0 Å². The van der Waals surface area contributed by atoms with Gasteiger partial charge in [0.05, 0.1) is 17.2 Å². The van der Waals surface area contributed by atoms with Crippen LogP contribution in [-0.4, -0.2) is 67.1 Å². The van der Waals surface area contributed by atoms with E-state index in [9.17, 15) is 33.5 Å². The van der Waals surface area contributed by atoms with Gasteiger partial charge in [-0.3, -0.25) is 33.2 Å². The van der Waals surface area contributed by atoms with E-state index in [1.54, 1.807) is 26.1 Å². The minimum absolute atomic E-state index is 0.0456. The van der Waals surface area contributed by atoms with E-state index in [2.05, 4.69) is 26.0 Å². The van der Waals surface area contributed by atoms with E-state index in [4.69, 9.17) is 0 Å². The Kier molecular flexibility index (Phi) is 7.74. The van der Waals surface area contributed by atoms with Crippen LogP contribution in [0.2, 0.25) is 0 Å². The second-order valence-corrected chi connectivity index (χ2v) is 11.6.